The van der Waals surface area contributed by atoms with Crippen LogP contribution < -0.4 is 4.90 Å². The van der Waals surface area contributed by atoms with E-state index in [1.807, 2.05) is 0 Å². The van der Waals surface area contributed by atoms with E-state index in [2.05, 4.69) is 152 Å². The molecule has 6 aromatic rings. The molecule has 0 amide bonds. The van der Waals surface area contributed by atoms with Gasteiger partial charge in [-0.25, -0.2) is 0 Å². The molecule has 0 aliphatic heterocycles. The van der Waals surface area contributed by atoms with Crippen molar-refractivity contribution in [1.29, 1.82) is 0 Å². The maximum Gasteiger partial charge on any atom is 0.0499 e. The summed E-state index contributed by atoms with van der Waals surface area (Å²) < 4.78 is 0. The zero-order valence-electron chi connectivity index (χ0n) is 32.0. The maximum atomic E-state index is 2.63. The van der Waals surface area contributed by atoms with Gasteiger partial charge in [0.15, 0.2) is 0 Å². The van der Waals surface area contributed by atoms with Crippen LogP contribution in [0.2, 0.25) is 0 Å². The Morgan fingerprint density at radius 1 is 0.500 bits per heavy atom. The van der Waals surface area contributed by atoms with Crippen LogP contribution in [-0.2, 0) is 23.7 Å². The number of aryl methyl sites for hydroxylation is 1. The molecule has 0 spiro atoms. The minimum atomic E-state index is -0.118. The fourth-order valence-corrected chi connectivity index (χ4v) is 12.6. The summed E-state index contributed by atoms with van der Waals surface area (Å²) in [6.07, 6.45) is 13.5. The molecule has 4 bridgehead atoms. The molecule has 1 heteroatoms. The number of para-hydroxylation sites is 1. The predicted octanol–water partition coefficient (Wildman–Crippen LogP) is 14.1. The molecule has 6 aromatic carbocycles. The van der Waals surface area contributed by atoms with Crippen LogP contribution in [0.4, 0.5) is 17.1 Å². The third-order valence-corrected chi connectivity index (χ3v) is 14.6. The molecule has 0 N–H and O–H groups in total. The summed E-state index contributed by atoms with van der Waals surface area (Å²) >= 11 is 0. The average molecular weight is 702 g/mol. The summed E-state index contributed by atoms with van der Waals surface area (Å²) in [5, 5.41) is 0. The van der Waals surface area contributed by atoms with Crippen molar-refractivity contribution in [1.82, 2.24) is 0 Å². The van der Waals surface area contributed by atoms with E-state index in [1.165, 1.54) is 126 Å². The Kier molecular flexibility index (Phi) is 7.43. The molecule has 0 radical (unpaired) electrons. The summed E-state index contributed by atoms with van der Waals surface area (Å²) in [6, 6.07) is 51.5. The van der Waals surface area contributed by atoms with E-state index < -0.39 is 0 Å². The first-order chi connectivity index (χ1) is 26.4. The third-order valence-electron chi connectivity index (χ3n) is 14.6. The number of hydrogen-bond donors (Lipinski definition) is 0. The van der Waals surface area contributed by atoms with Gasteiger partial charge in [-0.2, -0.15) is 0 Å². The van der Waals surface area contributed by atoms with Crippen molar-refractivity contribution in [2.75, 3.05) is 4.90 Å². The van der Waals surface area contributed by atoms with Crippen LogP contribution in [0.3, 0.4) is 0 Å². The third kappa shape index (κ3) is 5.03. The second kappa shape index (κ2) is 12.3. The van der Waals surface area contributed by atoms with E-state index in [-0.39, 0.29) is 10.8 Å². The Morgan fingerprint density at radius 3 is 1.91 bits per heavy atom. The average Bonchev–Trinajstić information content (AvgIpc) is 3.43. The fraction of sp³-hybridized carbons (Fsp3) is 0.321. The van der Waals surface area contributed by atoms with Gasteiger partial charge in [-0.1, -0.05) is 117 Å². The smallest absolute Gasteiger partial charge is 0.0499 e. The lowest BCUT2D eigenvalue weighted by Gasteiger charge is -2.57. The molecule has 54 heavy (non-hydrogen) atoms. The first kappa shape index (κ1) is 32.5. The minimum absolute atomic E-state index is 0.118. The number of nitrogens with zero attached hydrogens (tertiary/aromatic N) is 1. The number of fused-ring (bicyclic) bond motifs is 4. The molecule has 6 aliphatic rings. The zero-order chi connectivity index (χ0) is 36.0. The van der Waals surface area contributed by atoms with Crippen LogP contribution in [0.25, 0.3) is 33.4 Å². The molecule has 12 rings (SSSR count). The Hall–Kier alpha value is -4.88. The summed E-state index contributed by atoms with van der Waals surface area (Å²) in [5.41, 5.74) is 19.7. The molecule has 0 aromatic heterocycles. The van der Waals surface area contributed by atoms with Gasteiger partial charge >= 0.3 is 0 Å². The SMILES string of the molecule is CC1(C)c2cc(N(c3ccc(-c4cccc5c4CCCC5)cc3)c3ccccc3C34CC5CC(CC(C5)C3)C4)ccc2-c2c(-c3ccccc3)cccc21. The monoisotopic (exact) mass is 701 g/mol. The predicted molar refractivity (Wildman–Crippen MR) is 226 cm³/mol. The molecule has 268 valence electrons. The lowest BCUT2D eigenvalue weighted by molar-refractivity contribution is -0.00491. The minimum Gasteiger partial charge on any atom is -0.310 e. The zero-order valence-corrected chi connectivity index (χ0v) is 32.0. The van der Waals surface area contributed by atoms with Crippen LogP contribution in [-0.4, -0.2) is 0 Å². The van der Waals surface area contributed by atoms with Gasteiger partial charge in [0.2, 0.25) is 0 Å². The highest BCUT2D eigenvalue weighted by molar-refractivity contribution is 5.94. The Morgan fingerprint density at radius 2 is 1.13 bits per heavy atom. The highest BCUT2D eigenvalue weighted by Crippen LogP contribution is 2.63. The van der Waals surface area contributed by atoms with E-state index in [4.69, 9.17) is 0 Å². The van der Waals surface area contributed by atoms with Gasteiger partial charge in [0.25, 0.3) is 0 Å². The van der Waals surface area contributed by atoms with Crippen molar-refractivity contribution in [3.05, 3.63) is 161 Å². The quantitative estimate of drug-likeness (QED) is 0.167. The summed E-state index contributed by atoms with van der Waals surface area (Å²) in [4.78, 5) is 2.63. The van der Waals surface area contributed by atoms with E-state index in [0.717, 1.165) is 17.8 Å². The summed E-state index contributed by atoms with van der Waals surface area (Å²) in [6.45, 7) is 4.86. The largest absolute Gasteiger partial charge is 0.310 e. The van der Waals surface area contributed by atoms with Crippen LogP contribution in [0, 0.1) is 17.8 Å². The van der Waals surface area contributed by atoms with Crippen LogP contribution in [0.15, 0.2) is 133 Å². The molecular formula is C53H51N. The van der Waals surface area contributed by atoms with Crippen molar-refractivity contribution >= 4 is 17.1 Å². The number of anilines is 3. The number of hydrogen-bond acceptors (Lipinski definition) is 1. The van der Waals surface area contributed by atoms with E-state index in [1.54, 1.807) is 16.7 Å². The Labute approximate surface area is 322 Å². The van der Waals surface area contributed by atoms with Gasteiger partial charge in [-0.05, 0) is 179 Å². The normalized spacial score (nSPS) is 24.1. The molecule has 0 saturated heterocycles. The first-order valence-electron chi connectivity index (χ1n) is 20.9. The van der Waals surface area contributed by atoms with Crippen molar-refractivity contribution in [2.24, 2.45) is 17.8 Å². The van der Waals surface area contributed by atoms with Crippen molar-refractivity contribution < 1.29 is 0 Å². The second-order valence-corrected chi connectivity index (χ2v) is 18.2. The Balaban J connectivity index is 1.07. The highest BCUT2D eigenvalue weighted by atomic mass is 15.1. The molecule has 0 unspecified atom stereocenters. The van der Waals surface area contributed by atoms with Crippen molar-refractivity contribution in [3.63, 3.8) is 0 Å². The molecule has 4 fully saturated rings. The second-order valence-electron chi connectivity index (χ2n) is 18.2. The summed E-state index contributed by atoms with van der Waals surface area (Å²) in [7, 11) is 0. The standard InChI is InChI=1S/C53H51N/c1-52(2)48-20-11-18-45(39-12-4-3-5-13-39)51(48)46-27-26-42(31-49(46)52)54(41-24-22-40(23-25-41)44-17-10-15-38-14-6-7-16-43(38)44)50-21-9-8-19-47(50)53-32-35-28-36(33-53)30-37(29-35)34-53/h3-5,8-13,15,17-27,31,35-37H,6-7,14,16,28-30,32-34H2,1-2H3. The number of benzene rings is 6. The van der Waals surface area contributed by atoms with E-state index in [9.17, 15) is 0 Å². The molecule has 1 nitrogen and oxygen atoms in total. The van der Waals surface area contributed by atoms with Gasteiger partial charge in [-0.15, -0.1) is 0 Å². The fourth-order valence-electron chi connectivity index (χ4n) is 12.6. The van der Waals surface area contributed by atoms with Crippen LogP contribution in [0.1, 0.15) is 93.0 Å². The van der Waals surface area contributed by atoms with Gasteiger partial charge in [0.1, 0.15) is 0 Å². The van der Waals surface area contributed by atoms with E-state index in [0.29, 0.717) is 0 Å². The molecular weight excluding hydrogens is 651 g/mol. The highest BCUT2D eigenvalue weighted by Gasteiger charge is 2.52. The first-order valence-corrected chi connectivity index (χ1v) is 20.9. The van der Waals surface area contributed by atoms with Gasteiger partial charge in [-0.3, -0.25) is 0 Å². The summed E-state index contributed by atoms with van der Waals surface area (Å²) in [5.74, 6) is 2.69. The molecule has 0 atom stereocenters. The topological polar surface area (TPSA) is 3.24 Å². The van der Waals surface area contributed by atoms with Gasteiger partial charge in [0.05, 0.1) is 0 Å². The van der Waals surface area contributed by atoms with Gasteiger partial charge in [0, 0.05) is 22.5 Å². The van der Waals surface area contributed by atoms with Crippen LogP contribution in [0.5, 0.6) is 0 Å². The molecule has 6 aliphatic carbocycles. The van der Waals surface area contributed by atoms with E-state index >= 15 is 0 Å². The van der Waals surface area contributed by atoms with Crippen molar-refractivity contribution in [3.8, 4) is 33.4 Å². The molecule has 0 heterocycles. The maximum absolute atomic E-state index is 2.63. The number of rotatable bonds is 6. The van der Waals surface area contributed by atoms with Gasteiger partial charge < -0.3 is 4.90 Å². The Bertz CT molecular complexity index is 2360. The van der Waals surface area contributed by atoms with Crippen LogP contribution >= 0.6 is 0 Å². The lowest BCUT2D eigenvalue weighted by atomic mass is 9.48. The molecule has 4 saturated carbocycles. The lowest BCUT2D eigenvalue weighted by Crippen LogP contribution is -2.48. The van der Waals surface area contributed by atoms with Crippen molar-refractivity contribution in [2.45, 2.75) is 88.9 Å².